The number of ether oxygens (including phenoxy) is 2. The van der Waals surface area contributed by atoms with Gasteiger partial charge in [-0.05, 0) is 70.8 Å². The van der Waals surface area contributed by atoms with Crippen LogP contribution in [0.1, 0.15) is 97.1 Å². The summed E-state index contributed by atoms with van der Waals surface area (Å²) < 4.78 is 11.3. The number of hydrogen-bond donors (Lipinski definition) is 2. The van der Waals surface area contributed by atoms with E-state index in [4.69, 9.17) is 9.47 Å². The fourth-order valence-electron chi connectivity index (χ4n) is 5.83. The molecule has 0 radical (unpaired) electrons. The largest absolute Gasteiger partial charge is 0.506 e. The molecule has 0 fully saturated rings. The van der Waals surface area contributed by atoms with Crippen molar-refractivity contribution in [2.75, 3.05) is 13.2 Å². The lowest BCUT2D eigenvalue weighted by atomic mass is 9.88. The van der Waals surface area contributed by atoms with Crippen molar-refractivity contribution in [2.24, 2.45) is 0 Å². The van der Waals surface area contributed by atoms with Gasteiger partial charge in [-0.3, -0.25) is 0 Å². The van der Waals surface area contributed by atoms with E-state index in [9.17, 15) is 19.8 Å². The summed E-state index contributed by atoms with van der Waals surface area (Å²) in [7, 11) is -3.37. The number of fused-ring (bicyclic) bond motifs is 2. The van der Waals surface area contributed by atoms with E-state index in [1.54, 1.807) is 12.1 Å². The third-order valence-corrected chi connectivity index (χ3v) is 10.3. The molecular formula is C44H54O6Si2. The molecular weight excluding hydrogens is 681 g/mol. The first-order valence-electron chi connectivity index (χ1n) is 18.6. The molecule has 0 spiro atoms. The molecule has 8 heteroatoms. The van der Waals surface area contributed by atoms with Crippen molar-refractivity contribution in [3.05, 3.63) is 70.8 Å². The van der Waals surface area contributed by atoms with E-state index in [2.05, 4.69) is 76.1 Å². The van der Waals surface area contributed by atoms with Crippen LogP contribution in [0.2, 0.25) is 39.3 Å². The molecule has 4 aromatic carbocycles. The number of carbonyl (C=O) groups is 2. The number of carbonyl (C=O) groups excluding carboxylic acids is 2. The Hall–Kier alpha value is -4.51. The quantitative estimate of drug-likeness (QED) is 0.0615. The first-order valence-corrected chi connectivity index (χ1v) is 25.6. The molecule has 274 valence electrons. The summed E-state index contributed by atoms with van der Waals surface area (Å²) in [4.78, 5) is 27.3. The van der Waals surface area contributed by atoms with Gasteiger partial charge in [0, 0.05) is 22.3 Å². The van der Waals surface area contributed by atoms with Crippen molar-refractivity contribution in [2.45, 2.75) is 104 Å². The summed E-state index contributed by atoms with van der Waals surface area (Å²) >= 11 is 0. The molecule has 4 aromatic rings. The number of phenols is 2. The number of phenolic OH excluding ortho intramolecular Hbond substituents is 2. The molecule has 52 heavy (non-hydrogen) atoms. The van der Waals surface area contributed by atoms with Crippen LogP contribution in [0.5, 0.6) is 11.5 Å². The van der Waals surface area contributed by atoms with Crippen LogP contribution >= 0.6 is 0 Å². The lowest BCUT2D eigenvalue weighted by Gasteiger charge is -2.19. The van der Waals surface area contributed by atoms with Gasteiger partial charge in [0.25, 0.3) is 0 Å². The maximum absolute atomic E-state index is 13.6. The van der Waals surface area contributed by atoms with E-state index in [0.717, 1.165) is 49.7 Å². The molecule has 0 heterocycles. The lowest BCUT2D eigenvalue weighted by molar-refractivity contribution is 0.0484. The highest BCUT2D eigenvalue weighted by Crippen LogP contribution is 2.48. The van der Waals surface area contributed by atoms with Crippen LogP contribution in [0.15, 0.2) is 48.5 Å². The number of esters is 2. The van der Waals surface area contributed by atoms with E-state index in [0.29, 0.717) is 34.4 Å². The highest BCUT2D eigenvalue weighted by atomic mass is 28.3. The molecule has 0 saturated heterocycles. The summed E-state index contributed by atoms with van der Waals surface area (Å²) in [6.45, 7) is 17.7. The normalized spacial score (nSPS) is 11.5. The minimum atomic E-state index is -1.69. The third kappa shape index (κ3) is 10.8. The Morgan fingerprint density at radius 2 is 0.962 bits per heavy atom. The van der Waals surface area contributed by atoms with Crippen LogP contribution in [-0.4, -0.2) is 51.5 Å². The Morgan fingerprint density at radius 3 is 1.31 bits per heavy atom. The molecule has 0 aromatic heterocycles. The number of benzene rings is 4. The smallest absolute Gasteiger partial charge is 0.341 e. The molecule has 0 aliphatic rings. The van der Waals surface area contributed by atoms with Gasteiger partial charge in [-0.1, -0.05) is 116 Å². The van der Waals surface area contributed by atoms with Crippen molar-refractivity contribution >= 4 is 49.6 Å². The number of unbranched alkanes of at least 4 members (excludes halogenated alkanes) is 6. The summed E-state index contributed by atoms with van der Waals surface area (Å²) in [6.07, 6.45) is 7.50. The molecule has 2 N–H and O–H groups in total. The zero-order valence-corrected chi connectivity index (χ0v) is 34.2. The van der Waals surface area contributed by atoms with Crippen LogP contribution < -0.4 is 0 Å². The fraction of sp³-hybridized carbons (Fsp3) is 0.409. The SMILES string of the molecule is CCCCCCOC(=O)c1cc2cc(C#C[Si](C)(C)C)ccc2c(-c2c(O)c(C(=O)OCCCCCC)cc3cc(C#C[Si](C)(C)C)ccc23)c1O. The summed E-state index contributed by atoms with van der Waals surface area (Å²) in [5.41, 5.74) is 8.73. The molecule has 0 atom stereocenters. The van der Waals surface area contributed by atoms with Crippen LogP contribution in [0.3, 0.4) is 0 Å². The van der Waals surface area contributed by atoms with Crippen LogP contribution in [0, 0.1) is 22.9 Å². The van der Waals surface area contributed by atoms with E-state index < -0.39 is 28.1 Å². The van der Waals surface area contributed by atoms with Gasteiger partial charge in [-0.15, -0.1) is 11.1 Å². The van der Waals surface area contributed by atoms with Gasteiger partial charge in [0.1, 0.15) is 38.8 Å². The minimum Gasteiger partial charge on any atom is -0.506 e. The third-order valence-electron chi connectivity index (χ3n) is 8.54. The standard InChI is InChI=1S/C44H54O6Si2/c1-9-11-13-15-23-49-43(47)37-29-33-27-31(21-25-51(3,4)5)17-19-35(33)39(41(37)45)40-36-20-18-32(22-26-52(6,7)8)28-34(36)30-38(42(40)46)44(48)50-24-16-14-12-10-2/h17-20,27-30,45-46H,9-16,23-24H2,1-8H3. The van der Waals surface area contributed by atoms with Crippen molar-refractivity contribution in [3.63, 3.8) is 0 Å². The van der Waals surface area contributed by atoms with E-state index in [-0.39, 0.29) is 47.0 Å². The topological polar surface area (TPSA) is 93.1 Å². The van der Waals surface area contributed by atoms with Gasteiger partial charge < -0.3 is 19.7 Å². The van der Waals surface area contributed by atoms with E-state index >= 15 is 0 Å². The predicted molar refractivity (Wildman–Crippen MR) is 220 cm³/mol. The average molecular weight is 735 g/mol. The molecule has 4 rings (SSSR count). The Labute approximate surface area is 312 Å². The predicted octanol–water partition coefficient (Wildman–Crippen LogP) is 11.0. The van der Waals surface area contributed by atoms with Crippen LogP contribution in [0.4, 0.5) is 0 Å². The Kier molecular flexibility index (Phi) is 13.8. The maximum atomic E-state index is 13.6. The maximum Gasteiger partial charge on any atom is 0.341 e. The Morgan fingerprint density at radius 1 is 0.577 bits per heavy atom. The fourth-order valence-corrected chi connectivity index (χ4v) is 6.87. The average Bonchev–Trinajstić information content (AvgIpc) is 3.08. The first-order chi connectivity index (χ1) is 24.6. The zero-order chi connectivity index (χ0) is 38.1. The number of hydrogen-bond acceptors (Lipinski definition) is 6. The second-order valence-electron chi connectivity index (χ2n) is 15.6. The summed E-state index contributed by atoms with van der Waals surface area (Å²) in [5.74, 6) is 4.59. The highest BCUT2D eigenvalue weighted by molar-refractivity contribution is 6.84. The van der Waals surface area contributed by atoms with Crippen molar-refractivity contribution in [1.29, 1.82) is 0 Å². The lowest BCUT2D eigenvalue weighted by Crippen LogP contribution is -2.16. The zero-order valence-electron chi connectivity index (χ0n) is 32.2. The second kappa shape index (κ2) is 17.8. The van der Waals surface area contributed by atoms with Gasteiger partial charge in [0.05, 0.1) is 13.2 Å². The van der Waals surface area contributed by atoms with Crippen LogP contribution in [0.25, 0.3) is 32.7 Å². The minimum absolute atomic E-state index is 0.0256. The van der Waals surface area contributed by atoms with Crippen molar-refractivity contribution in [3.8, 4) is 45.6 Å². The van der Waals surface area contributed by atoms with E-state index in [1.807, 2.05) is 36.4 Å². The molecule has 6 nitrogen and oxygen atoms in total. The Balaban J connectivity index is 2.00. The monoisotopic (exact) mass is 734 g/mol. The number of aromatic hydroxyl groups is 2. The van der Waals surface area contributed by atoms with Gasteiger partial charge in [-0.2, -0.15) is 0 Å². The van der Waals surface area contributed by atoms with E-state index in [1.165, 1.54) is 0 Å². The van der Waals surface area contributed by atoms with Crippen molar-refractivity contribution < 1.29 is 29.3 Å². The molecule has 0 aliphatic heterocycles. The molecule has 0 saturated carbocycles. The number of rotatable bonds is 13. The van der Waals surface area contributed by atoms with Crippen LogP contribution in [-0.2, 0) is 9.47 Å². The molecule has 0 amide bonds. The van der Waals surface area contributed by atoms with Gasteiger partial charge in [0.15, 0.2) is 0 Å². The second-order valence-corrected chi connectivity index (χ2v) is 25.1. The van der Waals surface area contributed by atoms with Gasteiger partial charge in [0.2, 0.25) is 0 Å². The summed E-state index contributed by atoms with van der Waals surface area (Å²) in [5, 5.41) is 26.5. The van der Waals surface area contributed by atoms with Gasteiger partial charge >= 0.3 is 11.9 Å². The molecule has 0 unspecified atom stereocenters. The first kappa shape index (κ1) is 40.3. The highest BCUT2D eigenvalue weighted by Gasteiger charge is 2.27. The molecule has 0 aliphatic carbocycles. The molecule has 0 bridgehead atoms. The Bertz CT molecular complexity index is 1910. The summed E-state index contributed by atoms with van der Waals surface area (Å²) in [6, 6.07) is 14.5. The van der Waals surface area contributed by atoms with Crippen molar-refractivity contribution in [1.82, 2.24) is 0 Å². The van der Waals surface area contributed by atoms with Gasteiger partial charge in [-0.25, -0.2) is 9.59 Å².